The second-order valence-corrected chi connectivity index (χ2v) is 9.39. The van der Waals surface area contributed by atoms with E-state index < -0.39 is 0 Å². The minimum atomic E-state index is 0.101. The van der Waals surface area contributed by atoms with Crippen LogP contribution in [0.5, 0.6) is 0 Å². The maximum absolute atomic E-state index is 12.2. The van der Waals surface area contributed by atoms with Crippen LogP contribution in [0.1, 0.15) is 44.1 Å². The summed E-state index contributed by atoms with van der Waals surface area (Å²) >= 11 is 0. The lowest BCUT2D eigenvalue weighted by atomic mass is 9.88. The number of benzene rings is 1. The number of likely N-dealkylation sites (tertiary alicyclic amines) is 1. The van der Waals surface area contributed by atoms with Gasteiger partial charge in [-0.05, 0) is 36.8 Å². The van der Waals surface area contributed by atoms with E-state index in [4.69, 9.17) is 9.72 Å². The highest BCUT2D eigenvalue weighted by atomic mass is 16.5. The molecule has 35 heavy (non-hydrogen) atoms. The van der Waals surface area contributed by atoms with Crippen LogP contribution in [0.15, 0.2) is 42.7 Å². The number of fused-ring (bicyclic) bond motifs is 1. The lowest BCUT2D eigenvalue weighted by Crippen LogP contribution is -2.42. The highest BCUT2D eigenvalue weighted by molar-refractivity contribution is 5.88. The van der Waals surface area contributed by atoms with E-state index in [0.29, 0.717) is 24.8 Å². The van der Waals surface area contributed by atoms with Gasteiger partial charge in [0, 0.05) is 57.1 Å². The third-order valence-electron chi connectivity index (χ3n) is 6.95. The molecule has 8 heteroatoms. The highest BCUT2D eigenvalue weighted by Crippen LogP contribution is 2.31. The summed E-state index contributed by atoms with van der Waals surface area (Å²) in [6.45, 7) is 6.87. The number of morpholine rings is 1. The lowest BCUT2D eigenvalue weighted by Gasteiger charge is -2.32. The summed E-state index contributed by atoms with van der Waals surface area (Å²) in [7, 11) is 0. The second kappa shape index (κ2) is 11.1. The molecule has 2 N–H and O–H groups in total. The summed E-state index contributed by atoms with van der Waals surface area (Å²) in [5.74, 6) is 1.52. The van der Waals surface area contributed by atoms with Crippen LogP contribution in [-0.2, 0) is 9.53 Å². The number of pyridine rings is 1. The zero-order valence-corrected chi connectivity index (χ0v) is 20.4. The van der Waals surface area contributed by atoms with Gasteiger partial charge in [0.05, 0.1) is 23.9 Å². The maximum atomic E-state index is 12.2. The van der Waals surface area contributed by atoms with Gasteiger partial charge in [-0.3, -0.25) is 9.78 Å². The van der Waals surface area contributed by atoms with Crippen molar-refractivity contribution in [3.05, 3.63) is 48.3 Å². The number of piperidine rings is 1. The molecule has 1 amide bonds. The van der Waals surface area contributed by atoms with Crippen molar-refractivity contribution in [2.45, 2.75) is 44.6 Å². The number of carbonyl (C=O) groups excluding carboxylic acids is 1. The van der Waals surface area contributed by atoms with Crippen LogP contribution < -0.4 is 10.6 Å². The standard InChI is InChI=1S/C27H34N6O2/c1-2-3-25(34)33-13-8-20(9-14-33)19-4-6-21(7-5-19)23-16-24-26(30-11-10-29-24)27(32-23)31-18-22-17-28-12-15-35-22/h4-7,10-11,16,20,22,28H,2-3,8-9,12-15,17-18H2,1H3,(H,31,32)/t22-/m0/s1. The first-order valence-electron chi connectivity index (χ1n) is 12.8. The zero-order valence-electron chi connectivity index (χ0n) is 20.4. The van der Waals surface area contributed by atoms with Gasteiger partial charge < -0.3 is 20.3 Å². The summed E-state index contributed by atoms with van der Waals surface area (Å²) in [5, 5.41) is 6.80. The van der Waals surface area contributed by atoms with Crippen molar-refractivity contribution in [1.82, 2.24) is 25.2 Å². The van der Waals surface area contributed by atoms with Crippen molar-refractivity contribution < 1.29 is 9.53 Å². The molecule has 4 heterocycles. The quantitative estimate of drug-likeness (QED) is 0.541. The summed E-state index contributed by atoms with van der Waals surface area (Å²) in [4.78, 5) is 28.2. The van der Waals surface area contributed by atoms with Gasteiger partial charge in [-0.25, -0.2) is 9.97 Å². The van der Waals surface area contributed by atoms with Crippen LogP contribution in [0.25, 0.3) is 22.3 Å². The van der Waals surface area contributed by atoms with Gasteiger partial charge in [0.15, 0.2) is 5.82 Å². The average Bonchev–Trinajstić information content (AvgIpc) is 2.92. The van der Waals surface area contributed by atoms with Crippen LogP contribution in [0.4, 0.5) is 5.82 Å². The molecule has 2 aliphatic rings. The number of ether oxygens (including phenoxy) is 1. The average molecular weight is 475 g/mol. The third kappa shape index (κ3) is 5.60. The Morgan fingerprint density at radius 1 is 1.17 bits per heavy atom. The van der Waals surface area contributed by atoms with Crippen molar-refractivity contribution in [3.8, 4) is 11.3 Å². The molecule has 0 spiro atoms. The first-order valence-corrected chi connectivity index (χ1v) is 12.8. The molecule has 3 aromatic rings. The summed E-state index contributed by atoms with van der Waals surface area (Å²) in [6.07, 6.45) is 7.12. The van der Waals surface area contributed by atoms with E-state index in [1.807, 2.05) is 11.0 Å². The molecule has 2 saturated heterocycles. The molecule has 0 radical (unpaired) electrons. The predicted molar refractivity (Wildman–Crippen MR) is 137 cm³/mol. The summed E-state index contributed by atoms with van der Waals surface area (Å²) < 4.78 is 5.82. The molecule has 8 nitrogen and oxygen atoms in total. The van der Waals surface area contributed by atoms with Gasteiger partial charge in [0.25, 0.3) is 0 Å². The number of nitrogens with zero attached hydrogens (tertiary/aromatic N) is 4. The normalized spacial score (nSPS) is 19.1. The highest BCUT2D eigenvalue weighted by Gasteiger charge is 2.23. The largest absolute Gasteiger partial charge is 0.374 e. The Bertz CT molecular complexity index is 1140. The van der Waals surface area contributed by atoms with Crippen molar-refractivity contribution in [1.29, 1.82) is 0 Å². The second-order valence-electron chi connectivity index (χ2n) is 9.39. The number of nitrogens with one attached hydrogen (secondary N) is 2. The lowest BCUT2D eigenvalue weighted by molar-refractivity contribution is -0.132. The fourth-order valence-electron chi connectivity index (χ4n) is 4.96. The number of hydrogen-bond acceptors (Lipinski definition) is 7. The van der Waals surface area contributed by atoms with Crippen LogP contribution in [0.2, 0.25) is 0 Å². The van der Waals surface area contributed by atoms with E-state index in [1.165, 1.54) is 5.56 Å². The Kier molecular flexibility index (Phi) is 7.49. The SMILES string of the molecule is CCCC(=O)N1CCC(c2ccc(-c3cc4nccnc4c(NC[C@@H]4CNCCO4)n3)cc2)CC1. The minimum absolute atomic E-state index is 0.101. The molecule has 0 saturated carbocycles. The fourth-order valence-corrected chi connectivity index (χ4v) is 4.96. The van der Waals surface area contributed by atoms with Gasteiger partial charge in [0.1, 0.15) is 5.52 Å². The molecule has 2 aromatic heterocycles. The molecular formula is C27H34N6O2. The van der Waals surface area contributed by atoms with Crippen LogP contribution >= 0.6 is 0 Å². The number of carbonyl (C=O) groups is 1. The van der Waals surface area contributed by atoms with Crippen molar-refractivity contribution in [2.24, 2.45) is 0 Å². The summed E-state index contributed by atoms with van der Waals surface area (Å²) in [5.41, 5.74) is 4.83. The maximum Gasteiger partial charge on any atom is 0.222 e. The molecule has 1 atom stereocenters. The molecule has 0 unspecified atom stereocenters. The Morgan fingerprint density at radius 2 is 1.97 bits per heavy atom. The number of anilines is 1. The number of hydrogen-bond donors (Lipinski definition) is 2. The first-order chi connectivity index (χ1) is 17.2. The van der Waals surface area contributed by atoms with Crippen molar-refractivity contribution >= 4 is 22.8 Å². The van der Waals surface area contributed by atoms with Crippen molar-refractivity contribution in [3.63, 3.8) is 0 Å². The topological polar surface area (TPSA) is 92.3 Å². The first kappa shape index (κ1) is 23.6. The van der Waals surface area contributed by atoms with E-state index in [2.05, 4.69) is 51.8 Å². The molecule has 1 aromatic carbocycles. The Labute approximate surface area is 206 Å². The molecule has 0 bridgehead atoms. The van der Waals surface area contributed by atoms with E-state index >= 15 is 0 Å². The fraction of sp³-hybridized carbons (Fsp3) is 0.481. The van der Waals surface area contributed by atoms with Crippen LogP contribution in [0.3, 0.4) is 0 Å². The van der Waals surface area contributed by atoms with E-state index in [-0.39, 0.29) is 6.10 Å². The predicted octanol–water partition coefficient (Wildman–Crippen LogP) is 3.60. The Hall–Kier alpha value is -3.10. The molecule has 2 fully saturated rings. The number of rotatable bonds is 7. The summed E-state index contributed by atoms with van der Waals surface area (Å²) in [6, 6.07) is 10.7. The van der Waals surface area contributed by atoms with E-state index in [1.54, 1.807) is 12.4 Å². The zero-order chi connectivity index (χ0) is 24.0. The third-order valence-corrected chi connectivity index (χ3v) is 6.95. The monoisotopic (exact) mass is 474 g/mol. The molecule has 184 valence electrons. The van der Waals surface area contributed by atoms with E-state index in [0.717, 1.165) is 80.2 Å². The number of aromatic nitrogens is 3. The smallest absolute Gasteiger partial charge is 0.222 e. The molecular weight excluding hydrogens is 440 g/mol. The Balaban J connectivity index is 1.30. The van der Waals surface area contributed by atoms with Crippen molar-refractivity contribution in [2.75, 3.05) is 44.6 Å². The van der Waals surface area contributed by atoms with Crippen LogP contribution in [0, 0.1) is 0 Å². The Morgan fingerprint density at radius 3 is 2.71 bits per heavy atom. The minimum Gasteiger partial charge on any atom is -0.374 e. The molecule has 2 aliphatic heterocycles. The van der Waals surface area contributed by atoms with Gasteiger partial charge >= 0.3 is 0 Å². The van der Waals surface area contributed by atoms with Crippen LogP contribution in [-0.4, -0.2) is 71.2 Å². The van der Waals surface area contributed by atoms with Gasteiger partial charge in [-0.15, -0.1) is 0 Å². The van der Waals surface area contributed by atoms with E-state index in [9.17, 15) is 4.79 Å². The number of amides is 1. The molecule has 5 rings (SSSR count). The van der Waals surface area contributed by atoms with Gasteiger partial charge in [-0.2, -0.15) is 0 Å². The molecule has 0 aliphatic carbocycles. The van der Waals surface area contributed by atoms with Gasteiger partial charge in [-0.1, -0.05) is 31.2 Å². The van der Waals surface area contributed by atoms with Gasteiger partial charge in [0.2, 0.25) is 5.91 Å².